The zero-order valence-corrected chi connectivity index (χ0v) is 7.45. The summed E-state index contributed by atoms with van der Waals surface area (Å²) in [5.74, 6) is 0. The van der Waals surface area contributed by atoms with Crippen LogP contribution in [0.5, 0.6) is 0 Å². The molecule has 1 N–H and O–H groups in total. The number of hydrogen-bond acceptors (Lipinski definition) is 3. The minimum absolute atomic E-state index is 0.498. The molecule has 1 aromatic carbocycles. The first-order chi connectivity index (χ1) is 5.64. The summed E-state index contributed by atoms with van der Waals surface area (Å²) in [6.07, 6.45) is 0. The van der Waals surface area contributed by atoms with Gasteiger partial charge in [-0.1, -0.05) is 18.2 Å². The van der Waals surface area contributed by atoms with Gasteiger partial charge < -0.3 is 14.5 Å². The highest BCUT2D eigenvalue weighted by Gasteiger charge is 2.03. The molecule has 66 valence electrons. The normalized spacial score (nSPS) is 15.2. The number of nitrogens with one attached hydrogen (secondary N) is 1. The fraction of sp³-hybridized carbons (Fsp3) is 0.143. The van der Waals surface area contributed by atoms with Crippen molar-refractivity contribution < 1.29 is 14.0 Å². The molecule has 1 rings (SSSR count). The van der Waals surface area contributed by atoms with Crippen LogP contribution in [0.15, 0.2) is 30.3 Å². The molecule has 0 saturated carbocycles. The lowest BCUT2D eigenvalue weighted by atomic mass is 10.3. The Morgan fingerprint density at radius 3 is 2.50 bits per heavy atom. The summed E-state index contributed by atoms with van der Waals surface area (Å²) in [5, 5.41) is 2.25. The first kappa shape index (κ1) is 9.26. The smallest absolute Gasteiger partial charge is 0.229 e. The zero-order chi connectivity index (χ0) is 9.03. The summed E-state index contributed by atoms with van der Waals surface area (Å²) in [6.45, 7) is 0. The SMILES string of the molecule is COP(=O)([O-])Nc1ccccc1. The van der Waals surface area contributed by atoms with Gasteiger partial charge in [0.25, 0.3) is 0 Å². The van der Waals surface area contributed by atoms with Crippen LogP contribution in [0.2, 0.25) is 0 Å². The Morgan fingerprint density at radius 1 is 1.42 bits per heavy atom. The Labute approximate surface area is 70.8 Å². The predicted molar refractivity (Wildman–Crippen MR) is 44.7 cm³/mol. The molecular formula is C7H9NO3P-. The third kappa shape index (κ3) is 2.66. The van der Waals surface area contributed by atoms with E-state index in [2.05, 4.69) is 9.61 Å². The lowest BCUT2D eigenvalue weighted by molar-refractivity contribution is -0.194. The minimum atomic E-state index is -3.90. The molecule has 0 aliphatic carbocycles. The van der Waals surface area contributed by atoms with Crippen LogP contribution in [-0.4, -0.2) is 7.11 Å². The minimum Gasteiger partial charge on any atom is -0.762 e. The average Bonchev–Trinajstić information content (AvgIpc) is 2.06. The van der Waals surface area contributed by atoms with Gasteiger partial charge in [-0.15, -0.1) is 0 Å². The molecule has 0 aromatic heterocycles. The van der Waals surface area contributed by atoms with Gasteiger partial charge in [-0.2, -0.15) is 0 Å². The molecular weight excluding hydrogens is 177 g/mol. The fourth-order valence-electron chi connectivity index (χ4n) is 0.716. The van der Waals surface area contributed by atoms with E-state index in [0.29, 0.717) is 5.69 Å². The fourth-order valence-corrected chi connectivity index (χ4v) is 1.27. The molecule has 1 atom stereocenters. The van der Waals surface area contributed by atoms with Gasteiger partial charge in [0.2, 0.25) is 7.75 Å². The molecule has 0 radical (unpaired) electrons. The standard InChI is InChI=1S/C7H10NO3P/c1-11-12(9,10)8-7-5-3-2-4-6-7/h2-6H,1H3,(H2,8,9,10)/p-1. The molecule has 5 heteroatoms. The van der Waals surface area contributed by atoms with E-state index in [0.717, 1.165) is 7.11 Å². The second-order valence-electron chi connectivity index (χ2n) is 2.16. The van der Waals surface area contributed by atoms with E-state index in [1.807, 2.05) is 0 Å². The molecule has 0 spiro atoms. The van der Waals surface area contributed by atoms with E-state index in [1.165, 1.54) is 0 Å². The van der Waals surface area contributed by atoms with Gasteiger partial charge in [0.15, 0.2) is 0 Å². The van der Waals surface area contributed by atoms with E-state index >= 15 is 0 Å². The molecule has 0 heterocycles. The largest absolute Gasteiger partial charge is 0.762 e. The van der Waals surface area contributed by atoms with Crippen LogP contribution in [0.1, 0.15) is 0 Å². The highest BCUT2D eigenvalue weighted by molar-refractivity contribution is 7.53. The molecule has 12 heavy (non-hydrogen) atoms. The van der Waals surface area contributed by atoms with Crippen LogP contribution in [-0.2, 0) is 9.09 Å². The summed E-state index contributed by atoms with van der Waals surface area (Å²) in [7, 11) is -2.78. The molecule has 0 saturated heterocycles. The molecule has 1 unspecified atom stereocenters. The third-order valence-electron chi connectivity index (χ3n) is 1.28. The Balaban J connectivity index is 2.71. The van der Waals surface area contributed by atoms with Gasteiger partial charge in [-0.05, 0) is 12.1 Å². The van der Waals surface area contributed by atoms with Crippen molar-refractivity contribution in [2.45, 2.75) is 0 Å². The maximum Gasteiger partial charge on any atom is 0.229 e. The summed E-state index contributed by atoms with van der Waals surface area (Å²) in [4.78, 5) is 10.9. The van der Waals surface area contributed by atoms with Crippen molar-refractivity contribution in [3.05, 3.63) is 30.3 Å². The van der Waals surface area contributed by atoms with Crippen molar-refractivity contribution in [1.29, 1.82) is 0 Å². The van der Waals surface area contributed by atoms with Gasteiger partial charge >= 0.3 is 0 Å². The monoisotopic (exact) mass is 186 g/mol. The Kier molecular flexibility index (Phi) is 2.87. The van der Waals surface area contributed by atoms with Gasteiger partial charge in [-0.25, -0.2) is 0 Å². The highest BCUT2D eigenvalue weighted by atomic mass is 31.2. The van der Waals surface area contributed by atoms with Crippen LogP contribution in [0.3, 0.4) is 0 Å². The molecule has 0 aliphatic rings. The van der Waals surface area contributed by atoms with Crippen molar-refractivity contribution in [1.82, 2.24) is 0 Å². The molecule has 0 bridgehead atoms. The van der Waals surface area contributed by atoms with Crippen molar-refractivity contribution >= 4 is 13.4 Å². The van der Waals surface area contributed by atoms with Crippen molar-refractivity contribution in [2.75, 3.05) is 12.2 Å². The Bertz CT molecular complexity index is 288. The molecule has 1 aromatic rings. The van der Waals surface area contributed by atoms with Gasteiger partial charge in [-0.3, -0.25) is 4.57 Å². The quantitative estimate of drug-likeness (QED) is 0.720. The lowest BCUT2D eigenvalue weighted by Gasteiger charge is -2.22. The predicted octanol–water partition coefficient (Wildman–Crippen LogP) is 1.21. The summed E-state index contributed by atoms with van der Waals surface area (Å²) in [5.41, 5.74) is 0.498. The van der Waals surface area contributed by atoms with E-state index in [-0.39, 0.29) is 0 Å². The van der Waals surface area contributed by atoms with E-state index in [1.54, 1.807) is 30.3 Å². The number of benzene rings is 1. The lowest BCUT2D eigenvalue weighted by Crippen LogP contribution is -2.10. The highest BCUT2D eigenvalue weighted by Crippen LogP contribution is 2.35. The molecule has 4 nitrogen and oxygen atoms in total. The van der Waals surface area contributed by atoms with Crippen molar-refractivity contribution in [2.24, 2.45) is 0 Å². The van der Waals surface area contributed by atoms with Crippen LogP contribution < -0.4 is 9.98 Å². The summed E-state index contributed by atoms with van der Waals surface area (Å²) in [6, 6.07) is 8.55. The second kappa shape index (κ2) is 3.72. The van der Waals surface area contributed by atoms with Crippen molar-refractivity contribution in [3.63, 3.8) is 0 Å². The maximum absolute atomic E-state index is 10.9. The summed E-state index contributed by atoms with van der Waals surface area (Å²) < 4.78 is 15.1. The van der Waals surface area contributed by atoms with Gasteiger partial charge in [0, 0.05) is 12.8 Å². The average molecular weight is 186 g/mol. The van der Waals surface area contributed by atoms with Gasteiger partial charge in [0.1, 0.15) is 0 Å². The van der Waals surface area contributed by atoms with E-state index in [4.69, 9.17) is 0 Å². The van der Waals surface area contributed by atoms with Crippen LogP contribution in [0, 0.1) is 0 Å². The summed E-state index contributed by atoms with van der Waals surface area (Å²) >= 11 is 0. The number of rotatable bonds is 3. The molecule has 0 aliphatic heterocycles. The first-order valence-corrected chi connectivity index (χ1v) is 4.88. The zero-order valence-electron chi connectivity index (χ0n) is 6.56. The maximum atomic E-state index is 10.9. The Morgan fingerprint density at radius 2 is 2.00 bits per heavy atom. The first-order valence-electron chi connectivity index (χ1n) is 3.34. The second-order valence-corrected chi connectivity index (χ2v) is 3.74. The number of para-hydroxylation sites is 1. The number of hydrogen-bond donors (Lipinski definition) is 1. The number of anilines is 1. The van der Waals surface area contributed by atoms with E-state index < -0.39 is 7.75 Å². The van der Waals surface area contributed by atoms with E-state index in [9.17, 15) is 9.46 Å². The van der Waals surface area contributed by atoms with Gasteiger partial charge in [0.05, 0.1) is 0 Å². The topological polar surface area (TPSA) is 61.4 Å². The van der Waals surface area contributed by atoms with Crippen LogP contribution in [0.25, 0.3) is 0 Å². The molecule has 0 amide bonds. The van der Waals surface area contributed by atoms with Crippen molar-refractivity contribution in [3.8, 4) is 0 Å². The third-order valence-corrected chi connectivity index (χ3v) is 2.29. The van der Waals surface area contributed by atoms with Crippen LogP contribution in [0.4, 0.5) is 5.69 Å². The van der Waals surface area contributed by atoms with Crippen LogP contribution >= 0.6 is 7.75 Å². The molecule has 0 fully saturated rings. The Hall–Kier alpha value is -0.830.